The summed E-state index contributed by atoms with van der Waals surface area (Å²) in [4.78, 5) is 11.3. The van der Waals surface area contributed by atoms with Crippen LogP contribution in [0.5, 0.6) is 0 Å². The molecular formula is C64H48N4. The van der Waals surface area contributed by atoms with Gasteiger partial charge < -0.3 is 9.13 Å². The van der Waals surface area contributed by atoms with Gasteiger partial charge in [0.15, 0.2) is 0 Å². The van der Waals surface area contributed by atoms with Crippen LogP contribution in [0, 0.1) is 41.5 Å². The van der Waals surface area contributed by atoms with E-state index in [1.807, 2.05) is 6.20 Å². The van der Waals surface area contributed by atoms with Crippen molar-refractivity contribution in [3.05, 3.63) is 216 Å². The number of aromatic nitrogens is 4. The van der Waals surface area contributed by atoms with E-state index in [1.54, 1.807) is 0 Å². The molecule has 0 atom stereocenters. The monoisotopic (exact) mass is 872 g/mol. The average Bonchev–Trinajstić information content (AvgIpc) is 3.86. The third-order valence-electron chi connectivity index (χ3n) is 14.4. The van der Waals surface area contributed by atoms with E-state index in [9.17, 15) is 0 Å². The van der Waals surface area contributed by atoms with E-state index in [4.69, 9.17) is 9.97 Å². The fourth-order valence-electron chi connectivity index (χ4n) is 11.8. The van der Waals surface area contributed by atoms with Gasteiger partial charge in [0, 0.05) is 49.3 Å². The summed E-state index contributed by atoms with van der Waals surface area (Å²) in [6.45, 7) is 13.3. The molecule has 0 saturated heterocycles. The third kappa shape index (κ3) is 6.07. The number of fused-ring (bicyclic) bond motifs is 12. The normalized spacial score (nSPS) is 12.0. The molecule has 68 heavy (non-hydrogen) atoms. The maximum atomic E-state index is 5.78. The minimum absolute atomic E-state index is 0.817. The molecule has 3 heterocycles. The van der Waals surface area contributed by atoms with E-state index in [1.165, 1.54) is 88.0 Å². The number of rotatable bonds is 5. The van der Waals surface area contributed by atoms with Gasteiger partial charge in [-0.05, 0) is 151 Å². The van der Waals surface area contributed by atoms with Crippen LogP contribution in [0.1, 0.15) is 33.4 Å². The molecule has 4 heteroatoms. The zero-order chi connectivity index (χ0) is 45.9. The maximum absolute atomic E-state index is 5.78. The molecule has 324 valence electrons. The van der Waals surface area contributed by atoms with Crippen LogP contribution in [-0.4, -0.2) is 19.1 Å². The molecular weight excluding hydrogens is 825 g/mol. The molecule has 3 aromatic heterocycles. The van der Waals surface area contributed by atoms with Gasteiger partial charge >= 0.3 is 0 Å². The molecule has 0 radical (unpaired) electrons. The van der Waals surface area contributed by atoms with Crippen molar-refractivity contribution >= 4 is 76.2 Å². The van der Waals surface area contributed by atoms with E-state index in [2.05, 4.69) is 227 Å². The smallest absolute Gasteiger partial charge is 0.0979 e. The summed E-state index contributed by atoms with van der Waals surface area (Å²) in [6.07, 6.45) is 2.00. The van der Waals surface area contributed by atoms with Crippen LogP contribution in [0.25, 0.3) is 121 Å². The first-order chi connectivity index (χ1) is 33.2. The molecule has 0 aliphatic carbocycles. The molecule has 0 bridgehead atoms. The number of aryl methyl sites for hydroxylation is 6. The van der Waals surface area contributed by atoms with Crippen LogP contribution < -0.4 is 0 Å². The fraction of sp³-hybridized carbons (Fsp3) is 0.0938. The molecule has 0 spiro atoms. The van der Waals surface area contributed by atoms with Crippen molar-refractivity contribution in [2.24, 2.45) is 0 Å². The molecule has 4 nitrogen and oxygen atoms in total. The summed E-state index contributed by atoms with van der Waals surface area (Å²) in [5, 5.41) is 9.42. The van der Waals surface area contributed by atoms with Gasteiger partial charge in [-0.1, -0.05) is 132 Å². The molecule has 0 fully saturated rings. The minimum Gasteiger partial charge on any atom is -0.309 e. The Morgan fingerprint density at radius 2 is 0.706 bits per heavy atom. The van der Waals surface area contributed by atoms with Crippen molar-refractivity contribution in [1.29, 1.82) is 0 Å². The summed E-state index contributed by atoms with van der Waals surface area (Å²) in [7, 11) is 0. The van der Waals surface area contributed by atoms with Crippen LogP contribution in [0.3, 0.4) is 0 Å². The van der Waals surface area contributed by atoms with Crippen molar-refractivity contribution in [3.8, 4) is 44.9 Å². The second-order valence-electron chi connectivity index (χ2n) is 19.0. The topological polar surface area (TPSA) is 35.6 Å². The third-order valence-corrected chi connectivity index (χ3v) is 14.4. The number of nitrogens with zero attached hydrogens (tertiary/aromatic N) is 4. The van der Waals surface area contributed by atoms with Gasteiger partial charge in [0.1, 0.15) is 0 Å². The summed E-state index contributed by atoms with van der Waals surface area (Å²) in [5.74, 6) is 0. The van der Waals surface area contributed by atoms with E-state index in [0.717, 1.165) is 66.5 Å². The molecule has 10 aromatic carbocycles. The van der Waals surface area contributed by atoms with Gasteiger partial charge in [-0.25, -0.2) is 4.98 Å². The van der Waals surface area contributed by atoms with Crippen molar-refractivity contribution in [1.82, 2.24) is 19.1 Å². The Kier molecular flexibility index (Phi) is 8.88. The zero-order valence-electron chi connectivity index (χ0n) is 39.1. The Morgan fingerprint density at radius 1 is 0.324 bits per heavy atom. The van der Waals surface area contributed by atoms with Crippen molar-refractivity contribution in [2.75, 3.05) is 0 Å². The number of benzene rings is 10. The SMILES string of the molecule is Cc1cc(C)c(-c2ccc3c4ccc(-c5c(C)cc(C)cc5C)cc4c4nc(-c5cc(-n6c7ccccc7c7ccccc76)cc(-n6c7ccccc7c7ccccc76)c5)cnc4c3c2)c(C)c1. The highest BCUT2D eigenvalue weighted by atomic mass is 15.0. The van der Waals surface area contributed by atoms with E-state index >= 15 is 0 Å². The van der Waals surface area contributed by atoms with Gasteiger partial charge in [-0.3, -0.25) is 4.98 Å². The van der Waals surface area contributed by atoms with Gasteiger partial charge in [0.25, 0.3) is 0 Å². The van der Waals surface area contributed by atoms with Crippen molar-refractivity contribution in [3.63, 3.8) is 0 Å². The highest BCUT2D eigenvalue weighted by Gasteiger charge is 2.21. The number of hydrogen-bond donors (Lipinski definition) is 0. The Hall–Kier alpha value is -8.34. The molecule has 0 aliphatic heterocycles. The standard InChI is InChI=1S/C64H48N4/c1-37-27-39(3)61(40(4)28-37)43-23-25-48-49-26-24-44(62-41(5)29-38(2)30-42(62)6)34-55(49)64-63(54(48)33-43)65-36-56(66-64)45-31-46(67-57-19-11-7-15-50(57)51-16-8-12-20-58(51)67)35-47(32-45)68-59-21-13-9-17-52(59)53-18-10-14-22-60(53)68/h7-36H,1-6H3. The predicted octanol–water partition coefficient (Wildman–Crippen LogP) is 17.0. The molecule has 13 aromatic rings. The Bertz CT molecular complexity index is 3990. The van der Waals surface area contributed by atoms with Gasteiger partial charge in [0.2, 0.25) is 0 Å². The summed E-state index contributed by atoms with van der Waals surface area (Å²) in [5.41, 5.74) is 22.9. The van der Waals surface area contributed by atoms with Gasteiger partial charge in [0.05, 0.1) is 45.0 Å². The lowest BCUT2D eigenvalue weighted by molar-refractivity contribution is 1.13. The van der Waals surface area contributed by atoms with Crippen molar-refractivity contribution in [2.45, 2.75) is 41.5 Å². The lowest BCUT2D eigenvalue weighted by Gasteiger charge is -2.17. The summed E-state index contributed by atoms with van der Waals surface area (Å²) in [6, 6.07) is 65.0. The number of hydrogen-bond acceptors (Lipinski definition) is 2. The van der Waals surface area contributed by atoms with E-state index < -0.39 is 0 Å². The van der Waals surface area contributed by atoms with Crippen molar-refractivity contribution < 1.29 is 0 Å². The highest BCUT2D eigenvalue weighted by molar-refractivity contribution is 6.24. The first kappa shape index (κ1) is 40.0. The van der Waals surface area contributed by atoms with Crippen LogP contribution >= 0.6 is 0 Å². The second-order valence-corrected chi connectivity index (χ2v) is 19.0. The van der Waals surface area contributed by atoms with E-state index in [0.29, 0.717) is 0 Å². The summed E-state index contributed by atoms with van der Waals surface area (Å²) >= 11 is 0. The van der Waals surface area contributed by atoms with Crippen LogP contribution in [-0.2, 0) is 0 Å². The zero-order valence-corrected chi connectivity index (χ0v) is 39.1. The highest BCUT2D eigenvalue weighted by Crippen LogP contribution is 2.42. The maximum Gasteiger partial charge on any atom is 0.0979 e. The Balaban J connectivity index is 1.12. The molecule has 0 unspecified atom stereocenters. The van der Waals surface area contributed by atoms with Gasteiger partial charge in [-0.15, -0.1) is 0 Å². The lowest BCUT2D eigenvalue weighted by Crippen LogP contribution is -2.01. The lowest BCUT2D eigenvalue weighted by atomic mass is 9.89. The average molecular weight is 873 g/mol. The van der Waals surface area contributed by atoms with Crippen LogP contribution in [0.15, 0.2) is 182 Å². The second kappa shape index (κ2) is 15.1. The number of para-hydroxylation sites is 4. The molecule has 0 saturated carbocycles. The largest absolute Gasteiger partial charge is 0.309 e. The first-order valence-corrected chi connectivity index (χ1v) is 23.6. The molecule has 0 aliphatic rings. The van der Waals surface area contributed by atoms with E-state index in [-0.39, 0.29) is 0 Å². The van der Waals surface area contributed by atoms with Gasteiger partial charge in [-0.2, -0.15) is 0 Å². The quantitative estimate of drug-likeness (QED) is 0.162. The Labute approximate surface area is 395 Å². The molecule has 0 amide bonds. The van der Waals surface area contributed by atoms with Crippen LogP contribution in [0.2, 0.25) is 0 Å². The first-order valence-electron chi connectivity index (χ1n) is 23.6. The van der Waals surface area contributed by atoms with Crippen LogP contribution in [0.4, 0.5) is 0 Å². The molecule has 13 rings (SSSR count). The predicted molar refractivity (Wildman–Crippen MR) is 288 cm³/mol. The minimum atomic E-state index is 0.817. The summed E-state index contributed by atoms with van der Waals surface area (Å²) < 4.78 is 4.83. The molecule has 0 N–H and O–H groups in total. The Morgan fingerprint density at radius 3 is 1.12 bits per heavy atom. The fourth-order valence-corrected chi connectivity index (χ4v) is 11.8.